The zero-order chi connectivity index (χ0) is 20.1. The van der Waals surface area contributed by atoms with Gasteiger partial charge in [0, 0.05) is 31.6 Å². The molecule has 1 aromatic rings. The lowest BCUT2D eigenvalue weighted by Gasteiger charge is -2.47. The molecule has 7 heteroatoms. The molecule has 3 heterocycles. The minimum absolute atomic E-state index is 0.0997. The van der Waals surface area contributed by atoms with Gasteiger partial charge in [-0.2, -0.15) is 5.26 Å². The van der Waals surface area contributed by atoms with Crippen LogP contribution in [0.2, 0.25) is 0 Å². The number of likely N-dealkylation sites (tertiary alicyclic amines) is 1. The summed E-state index contributed by atoms with van der Waals surface area (Å²) in [6.45, 7) is 9.54. The van der Waals surface area contributed by atoms with Crippen molar-refractivity contribution in [3.63, 3.8) is 0 Å². The fourth-order valence-corrected chi connectivity index (χ4v) is 5.08. The summed E-state index contributed by atoms with van der Waals surface area (Å²) < 4.78 is 12.0. The van der Waals surface area contributed by atoms with Crippen LogP contribution in [0.25, 0.3) is 0 Å². The van der Waals surface area contributed by atoms with Gasteiger partial charge < -0.3 is 19.3 Å². The van der Waals surface area contributed by atoms with Gasteiger partial charge in [-0.05, 0) is 67.6 Å². The lowest BCUT2D eigenvalue weighted by atomic mass is 9.79. The van der Waals surface area contributed by atoms with Crippen molar-refractivity contribution in [3.05, 3.63) is 21.7 Å². The topological polar surface area (TPSA) is 65.8 Å². The van der Waals surface area contributed by atoms with Gasteiger partial charge in [0.25, 0.3) is 0 Å². The van der Waals surface area contributed by atoms with Crippen LogP contribution in [0.5, 0.6) is 5.75 Å². The van der Waals surface area contributed by atoms with Gasteiger partial charge in [-0.25, -0.2) is 4.79 Å². The molecule has 0 atom stereocenters. The lowest BCUT2D eigenvalue weighted by Crippen LogP contribution is -2.60. The number of nitriles is 1. The third-order valence-electron chi connectivity index (χ3n) is 5.71. The van der Waals surface area contributed by atoms with Crippen LogP contribution in [0, 0.1) is 16.7 Å². The van der Waals surface area contributed by atoms with Crippen molar-refractivity contribution in [2.45, 2.75) is 45.6 Å². The number of anilines is 1. The SMILES string of the molecule is CC(C)(C)OC(=O)N1CC2(CCN(c3cc4c(c(Br)c3C#N)OCCC4)C2)C1. The molecular formula is C21H26BrN3O3. The van der Waals surface area contributed by atoms with Crippen LogP contribution in [-0.2, 0) is 11.2 Å². The van der Waals surface area contributed by atoms with E-state index in [9.17, 15) is 10.1 Å². The van der Waals surface area contributed by atoms with Crippen LogP contribution in [0.3, 0.4) is 0 Å². The molecule has 2 saturated heterocycles. The van der Waals surface area contributed by atoms with Crippen LogP contribution < -0.4 is 9.64 Å². The van der Waals surface area contributed by atoms with Crippen molar-refractivity contribution in [1.29, 1.82) is 5.26 Å². The highest BCUT2D eigenvalue weighted by atomic mass is 79.9. The second kappa shape index (κ2) is 6.84. The van der Waals surface area contributed by atoms with Crippen LogP contribution in [-0.4, -0.2) is 49.4 Å². The molecule has 0 N–H and O–H groups in total. The smallest absolute Gasteiger partial charge is 0.410 e. The van der Waals surface area contributed by atoms with E-state index in [4.69, 9.17) is 9.47 Å². The Balaban J connectivity index is 1.49. The molecule has 0 bridgehead atoms. The number of ether oxygens (including phenoxy) is 2. The Kier molecular flexibility index (Phi) is 4.73. The average molecular weight is 448 g/mol. The molecule has 6 nitrogen and oxygen atoms in total. The van der Waals surface area contributed by atoms with Crippen molar-refractivity contribution >= 4 is 27.7 Å². The summed E-state index contributed by atoms with van der Waals surface area (Å²) in [7, 11) is 0. The van der Waals surface area contributed by atoms with E-state index in [1.165, 1.54) is 0 Å². The Hall–Kier alpha value is -1.94. The van der Waals surface area contributed by atoms with E-state index in [1.54, 1.807) is 4.90 Å². The molecule has 3 aliphatic rings. The van der Waals surface area contributed by atoms with Crippen molar-refractivity contribution in [2.24, 2.45) is 5.41 Å². The molecule has 0 radical (unpaired) electrons. The highest BCUT2D eigenvalue weighted by Gasteiger charge is 2.50. The standard InChI is InChI=1S/C21H26BrN3O3/c1-20(2,3)28-19(26)25-12-21(13-25)6-7-24(11-21)16-9-14-5-4-8-27-18(14)17(22)15(16)10-23/h9H,4-8,11-13H2,1-3H3. The Bertz CT molecular complexity index is 850. The molecule has 150 valence electrons. The lowest BCUT2D eigenvalue weighted by molar-refractivity contribution is -0.0266. The van der Waals surface area contributed by atoms with Crippen LogP contribution in [0.1, 0.15) is 44.7 Å². The number of hydrogen-bond donors (Lipinski definition) is 0. The maximum atomic E-state index is 12.3. The van der Waals surface area contributed by atoms with Crippen LogP contribution in [0.4, 0.5) is 10.5 Å². The molecule has 0 aromatic heterocycles. The number of carbonyl (C=O) groups is 1. The van der Waals surface area contributed by atoms with Crippen molar-refractivity contribution in [1.82, 2.24) is 4.90 Å². The Labute approximate surface area is 174 Å². The summed E-state index contributed by atoms with van der Waals surface area (Å²) in [6.07, 6.45) is 2.75. The number of rotatable bonds is 1. The predicted molar refractivity (Wildman–Crippen MR) is 110 cm³/mol. The first-order chi connectivity index (χ1) is 13.2. The molecule has 1 aromatic carbocycles. The van der Waals surface area contributed by atoms with Gasteiger partial charge in [0.05, 0.1) is 22.3 Å². The molecular weight excluding hydrogens is 422 g/mol. The Morgan fingerprint density at radius 3 is 2.79 bits per heavy atom. The van der Waals surface area contributed by atoms with E-state index >= 15 is 0 Å². The zero-order valence-corrected chi connectivity index (χ0v) is 18.3. The normalized spacial score (nSPS) is 20.2. The summed E-state index contributed by atoms with van der Waals surface area (Å²) in [4.78, 5) is 16.3. The summed E-state index contributed by atoms with van der Waals surface area (Å²) in [5, 5.41) is 9.75. The number of nitrogens with zero attached hydrogens (tertiary/aromatic N) is 3. The first kappa shape index (κ1) is 19.4. The van der Waals surface area contributed by atoms with Crippen LogP contribution in [0.15, 0.2) is 10.5 Å². The molecule has 1 amide bonds. The number of benzene rings is 1. The summed E-state index contributed by atoms with van der Waals surface area (Å²) in [5.41, 5.74) is 2.41. The number of carbonyl (C=O) groups excluding carboxylic acids is 1. The first-order valence-electron chi connectivity index (χ1n) is 9.83. The molecule has 0 aliphatic carbocycles. The largest absolute Gasteiger partial charge is 0.492 e. The number of halogens is 1. The van der Waals surface area contributed by atoms with Crippen molar-refractivity contribution in [2.75, 3.05) is 37.7 Å². The van der Waals surface area contributed by atoms with Gasteiger partial charge in [-0.15, -0.1) is 0 Å². The van der Waals surface area contributed by atoms with Gasteiger partial charge >= 0.3 is 6.09 Å². The van der Waals surface area contributed by atoms with Gasteiger partial charge in [0.2, 0.25) is 0 Å². The fraction of sp³-hybridized carbons (Fsp3) is 0.619. The molecule has 0 unspecified atom stereocenters. The third kappa shape index (κ3) is 3.43. The second-order valence-corrected chi connectivity index (χ2v) is 9.94. The number of fused-ring (bicyclic) bond motifs is 1. The van der Waals surface area contributed by atoms with Gasteiger partial charge in [0.15, 0.2) is 0 Å². The maximum absolute atomic E-state index is 12.3. The second-order valence-electron chi connectivity index (χ2n) is 9.14. The fourth-order valence-electron chi connectivity index (χ4n) is 4.42. The Morgan fingerprint density at radius 2 is 2.11 bits per heavy atom. The van der Waals surface area contributed by atoms with Gasteiger partial charge in [-0.3, -0.25) is 0 Å². The minimum atomic E-state index is -0.472. The van der Waals surface area contributed by atoms with Crippen molar-refractivity contribution in [3.8, 4) is 11.8 Å². The van der Waals surface area contributed by atoms with Crippen molar-refractivity contribution < 1.29 is 14.3 Å². The third-order valence-corrected chi connectivity index (χ3v) is 6.47. The predicted octanol–water partition coefficient (Wildman–Crippen LogP) is 4.09. The van der Waals surface area contributed by atoms with E-state index < -0.39 is 5.60 Å². The zero-order valence-electron chi connectivity index (χ0n) is 16.7. The summed E-state index contributed by atoms with van der Waals surface area (Å²) in [6, 6.07) is 4.48. The quantitative estimate of drug-likeness (QED) is 0.648. The van der Waals surface area contributed by atoms with Gasteiger partial charge in [-0.1, -0.05) is 0 Å². The van der Waals surface area contributed by atoms with E-state index in [0.717, 1.165) is 66.9 Å². The van der Waals surface area contributed by atoms with E-state index in [0.29, 0.717) is 12.2 Å². The van der Waals surface area contributed by atoms with E-state index in [-0.39, 0.29) is 11.5 Å². The van der Waals surface area contributed by atoms with E-state index in [1.807, 2.05) is 20.8 Å². The minimum Gasteiger partial charge on any atom is -0.492 e. The van der Waals surface area contributed by atoms with E-state index in [2.05, 4.69) is 33.0 Å². The summed E-state index contributed by atoms with van der Waals surface area (Å²) >= 11 is 3.60. The van der Waals surface area contributed by atoms with Crippen LogP contribution >= 0.6 is 15.9 Å². The highest BCUT2D eigenvalue weighted by molar-refractivity contribution is 9.10. The Morgan fingerprint density at radius 1 is 1.36 bits per heavy atom. The first-order valence-corrected chi connectivity index (χ1v) is 10.6. The number of amides is 1. The molecule has 28 heavy (non-hydrogen) atoms. The van der Waals surface area contributed by atoms with Gasteiger partial charge in [0.1, 0.15) is 17.4 Å². The molecule has 3 aliphatic heterocycles. The molecule has 4 rings (SSSR count). The number of aryl methyl sites for hydroxylation is 1. The molecule has 0 saturated carbocycles. The summed E-state index contributed by atoms with van der Waals surface area (Å²) in [5.74, 6) is 0.820. The molecule has 2 fully saturated rings. The average Bonchev–Trinajstić information content (AvgIpc) is 3.04. The molecule has 1 spiro atoms. The monoisotopic (exact) mass is 447 g/mol. The maximum Gasteiger partial charge on any atom is 0.410 e. The highest BCUT2D eigenvalue weighted by Crippen LogP contribution is 2.46. The number of hydrogen-bond acceptors (Lipinski definition) is 5.